The molecule has 28 heavy (non-hydrogen) atoms. The molecule has 156 valence electrons. The normalized spacial score (nSPS) is 21.5. The molecule has 3 rings (SSSR count). The van der Waals surface area contributed by atoms with Crippen LogP contribution in [0.15, 0.2) is 29.3 Å². The highest BCUT2D eigenvalue weighted by Crippen LogP contribution is 2.15. The minimum atomic E-state index is -2.92. The van der Waals surface area contributed by atoms with Gasteiger partial charge in [-0.1, -0.05) is 24.3 Å². The number of carbonyl (C=O) groups is 1. The molecule has 2 N–H and O–H groups in total. The van der Waals surface area contributed by atoms with Gasteiger partial charge >= 0.3 is 0 Å². The number of hydrogen-bond donors (Lipinski definition) is 2. The zero-order valence-corrected chi connectivity index (χ0v) is 19.3. The van der Waals surface area contributed by atoms with Crippen LogP contribution < -0.4 is 10.6 Å². The standard InChI is InChI=1S/C19H28N4O3S.HI/c1-2-20-19(22-17-9-11-27(25,26)14-17)21-12-15-5-7-16(8-6-15)13-23-10-3-4-18(23)24;/h5-8,17H,2-4,9-14H2,1H3,(H2,20,21,22);1H. The van der Waals surface area contributed by atoms with Gasteiger partial charge in [0.1, 0.15) is 0 Å². The summed E-state index contributed by atoms with van der Waals surface area (Å²) < 4.78 is 23.2. The van der Waals surface area contributed by atoms with Crippen molar-refractivity contribution in [1.29, 1.82) is 0 Å². The monoisotopic (exact) mass is 520 g/mol. The van der Waals surface area contributed by atoms with E-state index in [-0.39, 0.29) is 47.4 Å². The molecule has 2 aliphatic heterocycles. The molecule has 0 saturated carbocycles. The zero-order chi connectivity index (χ0) is 19.3. The Bertz CT molecular complexity index is 796. The molecule has 1 atom stereocenters. The number of rotatable bonds is 6. The summed E-state index contributed by atoms with van der Waals surface area (Å²) >= 11 is 0. The molecule has 1 unspecified atom stereocenters. The Labute approximate surface area is 184 Å². The van der Waals surface area contributed by atoms with Gasteiger partial charge in [-0.2, -0.15) is 0 Å². The van der Waals surface area contributed by atoms with E-state index in [0.717, 1.165) is 24.1 Å². The van der Waals surface area contributed by atoms with E-state index in [1.165, 1.54) is 0 Å². The lowest BCUT2D eigenvalue weighted by atomic mass is 10.1. The first-order valence-corrected chi connectivity index (χ1v) is 11.4. The molecule has 0 aliphatic carbocycles. The lowest BCUT2D eigenvalue weighted by Crippen LogP contribution is -2.44. The maximum Gasteiger partial charge on any atom is 0.222 e. The van der Waals surface area contributed by atoms with E-state index < -0.39 is 9.84 Å². The van der Waals surface area contributed by atoms with Crippen molar-refractivity contribution in [2.45, 2.75) is 45.3 Å². The number of aliphatic imine (C=N–C) groups is 1. The van der Waals surface area contributed by atoms with Crippen molar-refractivity contribution in [3.05, 3.63) is 35.4 Å². The van der Waals surface area contributed by atoms with Crippen LogP contribution in [-0.4, -0.2) is 55.8 Å². The minimum absolute atomic E-state index is 0. The Hall–Kier alpha value is -1.36. The quantitative estimate of drug-likeness (QED) is 0.339. The van der Waals surface area contributed by atoms with Crippen LogP contribution in [0.5, 0.6) is 0 Å². The Morgan fingerprint density at radius 1 is 1.25 bits per heavy atom. The molecule has 1 aromatic carbocycles. The molecule has 7 nitrogen and oxygen atoms in total. The second-order valence-electron chi connectivity index (χ2n) is 7.17. The molecule has 0 spiro atoms. The van der Waals surface area contributed by atoms with Gasteiger partial charge in [-0.15, -0.1) is 24.0 Å². The van der Waals surface area contributed by atoms with E-state index in [1.807, 2.05) is 36.1 Å². The highest BCUT2D eigenvalue weighted by atomic mass is 127. The summed E-state index contributed by atoms with van der Waals surface area (Å²) in [4.78, 5) is 18.2. The average Bonchev–Trinajstić information content (AvgIpc) is 3.19. The fourth-order valence-electron chi connectivity index (χ4n) is 3.43. The fourth-order valence-corrected chi connectivity index (χ4v) is 5.11. The van der Waals surface area contributed by atoms with Gasteiger partial charge in [0.05, 0.1) is 18.1 Å². The highest BCUT2D eigenvalue weighted by Gasteiger charge is 2.28. The largest absolute Gasteiger partial charge is 0.357 e. The second-order valence-corrected chi connectivity index (χ2v) is 9.40. The molecule has 1 amide bonds. The molecule has 0 aromatic heterocycles. The van der Waals surface area contributed by atoms with Crippen LogP contribution in [0, 0.1) is 0 Å². The van der Waals surface area contributed by atoms with Gasteiger partial charge in [-0.05, 0) is 30.9 Å². The van der Waals surface area contributed by atoms with Gasteiger partial charge in [0, 0.05) is 32.1 Å². The molecule has 9 heteroatoms. The topological polar surface area (TPSA) is 90.9 Å². The molecular formula is C19H29IN4O3S. The summed E-state index contributed by atoms with van der Waals surface area (Å²) in [6, 6.07) is 8.07. The van der Waals surface area contributed by atoms with Crippen LogP contribution in [0.3, 0.4) is 0 Å². The number of carbonyl (C=O) groups excluding carboxylic acids is 1. The first kappa shape index (κ1) is 22.9. The van der Waals surface area contributed by atoms with Crippen LogP contribution in [0.2, 0.25) is 0 Å². The van der Waals surface area contributed by atoms with Crippen molar-refractivity contribution in [3.8, 4) is 0 Å². The predicted octanol–water partition coefficient (Wildman–Crippen LogP) is 1.67. The Kier molecular flexibility index (Phi) is 8.54. The first-order valence-electron chi connectivity index (χ1n) is 9.56. The summed E-state index contributed by atoms with van der Waals surface area (Å²) in [6.45, 7) is 4.73. The maximum absolute atomic E-state index is 11.7. The van der Waals surface area contributed by atoms with Crippen LogP contribution in [0.25, 0.3) is 0 Å². The molecule has 0 bridgehead atoms. The number of likely N-dealkylation sites (tertiary alicyclic amines) is 1. The van der Waals surface area contributed by atoms with Gasteiger partial charge in [0.2, 0.25) is 5.91 Å². The lowest BCUT2D eigenvalue weighted by Gasteiger charge is -2.16. The van der Waals surface area contributed by atoms with E-state index >= 15 is 0 Å². The SMILES string of the molecule is CCNC(=NCc1ccc(CN2CCCC2=O)cc1)NC1CCS(=O)(=O)C1.I. The third kappa shape index (κ3) is 6.61. The number of hydrogen-bond acceptors (Lipinski definition) is 4. The van der Waals surface area contributed by atoms with Crippen LogP contribution in [-0.2, 0) is 27.7 Å². The third-order valence-corrected chi connectivity index (χ3v) is 6.67. The van der Waals surface area contributed by atoms with Crippen molar-refractivity contribution in [2.24, 2.45) is 4.99 Å². The van der Waals surface area contributed by atoms with Gasteiger partial charge in [0.25, 0.3) is 0 Å². The highest BCUT2D eigenvalue weighted by molar-refractivity contribution is 14.0. The van der Waals surface area contributed by atoms with Crippen molar-refractivity contribution < 1.29 is 13.2 Å². The third-order valence-electron chi connectivity index (χ3n) is 4.91. The average molecular weight is 520 g/mol. The summed E-state index contributed by atoms with van der Waals surface area (Å²) in [6.07, 6.45) is 2.24. The van der Waals surface area contributed by atoms with Crippen molar-refractivity contribution in [1.82, 2.24) is 15.5 Å². The molecule has 2 aliphatic rings. The minimum Gasteiger partial charge on any atom is -0.357 e. The fraction of sp³-hybridized carbons (Fsp3) is 0.579. The van der Waals surface area contributed by atoms with Gasteiger partial charge in [-0.3, -0.25) is 4.79 Å². The van der Waals surface area contributed by atoms with Gasteiger partial charge < -0.3 is 15.5 Å². The second kappa shape index (κ2) is 10.4. The molecule has 0 radical (unpaired) electrons. The number of guanidine groups is 1. The number of sulfone groups is 1. The van der Waals surface area contributed by atoms with E-state index in [0.29, 0.717) is 38.4 Å². The molecular weight excluding hydrogens is 491 g/mol. The number of nitrogens with one attached hydrogen (secondary N) is 2. The molecule has 2 fully saturated rings. The Morgan fingerprint density at radius 2 is 1.96 bits per heavy atom. The van der Waals surface area contributed by atoms with E-state index in [4.69, 9.17) is 0 Å². The van der Waals surface area contributed by atoms with Crippen LogP contribution >= 0.6 is 24.0 Å². The zero-order valence-electron chi connectivity index (χ0n) is 16.2. The van der Waals surface area contributed by atoms with Crippen molar-refractivity contribution in [2.75, 3.05) is 24.6 Å². The Morgan fingerprint density at radius 3 is 2.54 bits per heavy atom. The van der Waals surface area contributed by atoms with Crippen LogP contribution in [0.4, 0.5) is 0 Å². The number of halogens is 1. The molecule has 1 aromatic rings. The smallest absolute Gasteiger partial charge is 0.222 e. The van der Waals surface area contributed by atoms with E-state index in [9.17, 15) is 13.2 Å². The summed E-state index contributed by atoms with van der Waals surface area (Å²) in [5.74, 6) is 1.29. The van der Waals surface area contributed by atoms with Crippen LogP contribution in [0.1, 0.15) is 37.3 Å². The first-order chi connectivity index (χ1) is 12.9. The lowest BCUT2D eigenvalue weighted by molar-refractivity contribution is -0.128. The van der Waals surface area contributed by atoms with E-state index in [2.05, 4.69) is 15.6 Å². The molecule has 2 saturated heterocycles. The summed E-state index contributed by atoms with van der Waals surface area (Å²) in [5, 5.41) is 6.39. The summed E-state index contributed by atoms with van der Waals surface area (Å²) in [5.41, 5.74) is 2.20. The summed E-state index contributed by atoms with van der Waals surface area (Å²) in [7, 11) is -2.92. The van der Waals surface area contributed by atoms with Gasteiger partial charge in [0.15, 0.2) is 15.8 Å². The Balaban J connectivity index is 0.00000280. The number of nitrogens with zero attached hydrogens (tertiary/aromatic N) is 2. The predicted molar refractivity (Wildman–Crippen MR) is 122 cm³/mol. The number of benzene rings is 1. The molecule has 2 heterocycles. The van der Waals surface area contributed by atoms with Gasteiger partial charge in [-0.25, -0.2) is 13.4 Å². The van der Waals surface area contributed by atoms with Crippen molar-refractivity contribution in [3.63, 3.8) is 0 Å². The maximum atomic E-state index is 11.7. The van der Waals surface area contributed by atoms with Crippen molar-refractivity contribution >= 4 is 45.7 Å². The number of amides is 1. The van der Waals surface area contributed by atoms with E-state index in [1.54, 1.807) is 0 Å².